The van der Waals surface area contributed by atoms with E-state index in [1.165, 1.54) is 10.4 Å². The van der Waals surface area contributed by atoms with Crippen molar-refractivity contribution in [1.29, 1.82) is 0 Å². The molecule has 1 aliphatic rings. The summed E-state index contributed by atoms with van der Waals surface area (Å²) in [6.45, 7) is 2.53. The van der Waals surface area contributed by atoms with Gasteiger partial charge in [0, 0.05) is 25.5 Å². The van der Waals surface area contributed by atoms with Gasteiger partial charge >= 0.3 is 0 Å². The fourth-order valence-corrected chi connectivity index (χ4v) is 5.65. The molecular formula is C18H15Cl3N2OS. The summed E-state index contributed by atoms with van der Waals surface area (Å²) in [5.41, 5.74) is 1.83. The van der Waals surface area contributed by atoms with Crippen molar-refractivity contribution in [3.63, 3.8) is 0 Å². The molecule has 0 spiro atoms. The van der Waals surface area contributed by atoms with Gasteiger partial charge in [-0.1, -0.05) is 41.7 Å². The first-order valence-electron chi connectivity index (χ1n) is 8.07. The maximum absolute atomic E-state index is 13.1. The van der Waals surface area contributed by atoms with Crippen molar-refractivity contribution < 1.29 is 0 Å². The smallest absolute Gasteiger partial charge is 0.262 e. The van der Waals surface area contributed by atoms with E-state index in [2.05, 4.69) is 11.9 Å². The van der Waals surface area contributed by atoms with Crippen molar-refractivity contribution in [2.75, 3.05) is 0 Å². The third-order valence-corrected chi connectivity index (χ3v) is 6.77. The molecule has 7 heteroatoms. The highest BCUT2D eigenvalue weighted by molar-refractivity contribution is 7.18. The predicted octanol–water partition coefficient (Wildman–Crippen LogP) is 5.59. The Labute approximate surface area is 164 Å². The number of hydrogen-bond donors (Lipinski definition) is 0. The van der Waals surface area contributed by atoms with E-state index in [1.807, 2.05) is 0 Å². The van der Waals surface area contributed by atoms with Crippen LogP contribution < -0.4 is 5.56 Å². The molecule has 1 aliphatic carbocycles. The lowest BCUT2D eigenvalue weighted by Gasteiger charge is -2.17. The number of hydrogen-bond acceptors (Lipinski definition) is 3. The first kappa shape index (κ1) is 17.3. The third kappa shape index (κ3) is 3.10. The van der Waals surface area contributed by atoms with Crippen LogP contribution in [-0.4, -0.2) is 9.55 Å². The van der Waals surface area contributed by atoms with E-state index in [1.54, 1.807) is 34.4 Å². The monoisotopic (exact) mass is 412 g/mol. The van der Waals surface area contributed by atoms with E-state index in [0.29, 0.717) is 26.5 Å². The number of benzene rings is 1. The van der Waals surface area contributed by atoms with Gasteiger partial charge in [0.05, 0.1) is 18.3 Å². The Morgan fingerprint density at radius 1 is 1.28 bits per heavy atom. The van der Waals surface area contributed by atoms with Crippen molar-refractivity contribution in [2.24, 2.45) is 5.92 Å². The van der Waals surface area contributed by atoms with Crippen LogP contribution in [0.1, 0.15) is 29.3 Å². The lowest BCUT2D eigenvalue weighted by atomic mass is 9.89. The number of halogens is 3. The molecule has 0 amide bonds. The molecule has 3 aromatic rings. The van der Waals surface area contributed by atoms with Crippen molar-refractivity contribution in [1.82, 2.24) is 9.55 Å². The summed E-state index contributed by atoms with van der Waals surface area (Å²) in [4.78, 5) is 19.7. The predicted molar refractivity (Wildman–Crippen MR) is 106 cm³/mol. The molecule has 25 heavy (non-hydrogen) atoms. The summed E-state index contributed by atoms with van der Waals surface area (Å²) in [6.07, 6.45) is 4.67. The second-order valence-corrected chi connectivity index (χ2v) is 8.89. The molecule has 1 atom stereocenters. The van der Waals surface area contributed by atoms with Crippen molar-refractivity contribution in [2.45, 2.75) is 32.7 Å². The minimum absolute atomic E-state index is 0.0286. The van der Waals surface area contributed by atoms with Crippen LogP contribution in [0.4, 0.5) is 0 Å². The normalized spacial score (nSPS) is 17.0. The van der Waals surface area contributed by atoms with Gasteiger partial charge in [-0.05, 0) is 42.9 Å². The summed E-state index contributed by atoms with van der Waals surface area (Å²) >= 11 is 20.1. The van der Waals surface area contributed by atoms with Crippen molar-refractivity contribution in [3.8, 4) is 0 Å². The Hall–Kier alpha value is -1.07. The molecule has 0 radical (unpaired) electrons. The van der Waals surface area contributed by atoms with Crippen LogP contribution >= 0.6 is 46.1 Å². The zero-order valence-electron chi connectivity index (χ0n) is 13.5. The standard InChI is InChI=1S/C18H15Cl3N2OS/c1-9-2-3-11-15(4-9)25-17-16(11)18(24)23(8-22-17)7-12-13(20)5-10(19)6-14(12)21/h5-6,8-9H,2-4,7H2,1H3/t9-/m1/s1. The zero-order valence-corrected chi connectivity index (χ0v) is 16.6. The van der Waals surface area contributed by atoms with Crippen LogP contribution in [0, 0.1) is 5.92 Å². The van der Waals surface area contributed by atoms with Crippen molar-refractivity contribution >= 4 is 56.4 Å². The molecule has 0 saturated carbocycles. The molecule has 130 valence electrons. The number of aryl methyl sites for hydroxylation is 1. The van der Waals surface area contributed by atoms with Crippen molar-refractivity contribution in [3.05, 3.63) is 59.9 Å². The maximum Gasteiger partial charge on any atom is 0.262 e. The van der Waals surface area contributed by atoms with E-state index in [0.717, 1.165) is 29.5 Å². The Morgan fingerprint density at radius 3 is 2.72 bits per heavy atom. The highest BCUT2D eigenvalue weighted by atomic mass is 35.5. The van der Waals surface area contributed by atoms with Crippen LogP contribution in [0.2, 0.25) is 15.1 Å². The van der Waals surface area contributed by atoms with Crippen LogP contribution in [-0.2, 0) is 19.4 Å². The van der Waals surface area contributed by atoms with Gasteiger partial charge in [-0.2, -0.15) is 0 Å². The lowest BCUT2D eigenvalue weighted by molar-refractivity contribution is 0.509. The van der Waals surface area contributed by atoms with Gasteiger partial charge in [0.15, 0.2) is 0 Å². The molecule has 0 aliphatic heterocycles. The lowest BCUT2D eigenvalue weighted by Crippen LogP contribution is -2.22. The van der Waals surface area contributed by atoms with Gasteiger partial charge in [0.2, 0.25) is 0 Å². The highest BCUT2D eigenvalue weighted by Crippen LogP contribution is 2.36. The molecule has 0 saturated heterocycles. The van der Waals surface area contributed by atoms with Crippen LogP contribution in [0.25, 0.3) is 10.2 Å². The van der Waals surface area contributed by atoms with Crippen LogP contribution in [0.15, 0.2) is 23.3 Å². The molecule has 1 aromatic carbocycles. The Balaban J connectivity index is 1.82. The fourth-order valence-electron chi connectivity index (χ4n) is 3.37. The molecule has 0 fully saturated rings. The van der Waals surface area contributed by atoms with Gasteiger partial charge in [0.1, 0.15) is 4.83 Å². The van der Waals surface area contributed by atoms with E-state index >= 15 is 0 Å². The largest absolute Gasteiger partial charge is 0.294 e. The Kier molecular flexibility index (Phi) is 4.57. The fraction of sp³-hybridized carbons (Fsp3) is 0.333. The Bertz CT molecular complexity index is 1020. The molecule has 2 heterocycles. The topological polar surface area (TPSA) is 34.9 Å². The molecule has 4 rings (SSSR count). The van der Waals surface area contributed by atoms with E-state index < -0.39 is 0 Å². The number of aromatic nitrogens is 2. The maximum atomic E-state index is 13.1. The van der Waals surface area contributed by atoms with Gasteiger partial charge in [-0.25, -0.2) is 4.98 Å². The van der Waals surface area contributed by atoms with Gasteiger partial charge in [0.25, 0.3) is 5.56 Å². The van der Waals surface area contributed by atoms with Gasteiger partial charge in [-0.15, -0.1) is 11.3 Å². The van der Waals surface area contributed by atoms with Gasteiger partial charge in [-0.3, -0.25) is 9.36 Å². The minimum Gasteiger partial charge on any atom is -0.294 e. The van der Waals surface area contributed by atoms with Crippen LogP contribution in [0.3, 0.4) is 0 Å². The van der Waals surface area contributed by atoms with E-state index in [4.69, 9.17) is 34.8 Å². The number of fused-ring (bicyclic) bond motifs is 3. The number of thiophene rings is 1. The summed E-state index contributed by atoms with van der Waals surface area (Å²) in [5.74, 6) is 0.662. The highest BCUT2D eigenvalue weighted by Gasteiger charge is 2.23. The quantitative estimate of drug-likeness (QED) is 0.549. The van der Waals surface area contributed by atoms with Crippen LogP contribution in [0.5, 0.6) is 0 Å². The summed E-state index contributed by atoms with van der Waals surface area (Å²) < 4.78 is 1.58. The first-order valence-corrected chi connectivity index (χ1v) is 10.0. The third-order valence-electron chi connectivity index (χ3n) is 4.72. The number of rotatable bonds is 2. The molecule has 0 N–H and O–H groups in total. The molecular weight excluding hydrogens is 399 g/mol. The minimum atomic E-state index is -0.0286. The number of nitrogens with zero attached hydrogens (tertiary/aromatic N) is 2. The molecule has 0 unspecified atom stereocenters. The molecule has 3 nitrogen and oxygen atoms in total. The SMILES string of the molecule is C[C@@H]1CCc2c(sc3ncn(Cc4c(Cl)cc(Cl)cc4Cl)c(=O)c23)C1. The molecule has 0 bridgehead atoms. The first-order chi connectivity index (χ1) is 11.9. The summed E-state index contributed by atoms with van der Waals surface area (Å²) in [6, 6.07) is 3.27. The molecule has 2 aromatic heterocycles. The van der Waals surface area contributed by atoms with E-state index in [-0.39, 0.29) is 12.1 Å². The van der Waals surface area contributed by atoms with Gasteiger partial charge < -0.3 is 0 Å². The second kappa shape index (κ2) is 6.58. The average molecular weight is 414 g/mol. The van der Waals surface area contributed by atoms with E-state index in [9.17, 15) is 4.79 Å². The Morgan fingerprint density at radius 2 is 2.00 bits per heavy atom. The summed E-state index contributed by atoms with van der Waals surface area (Å²) in [7, 11) is 0. The zero-order chi connectivity index (χ0) is 17.7. The summed E-state index contributed by atoms with van der Waals surface area (Å²) in [5, 5.41) is 2.13. The second-order valence-electron chi connectivity index (χ2n) is 6.56. The average Bonchev–Trinajstić information content (AvgIpc) is 2.90.